The van der Waals surface area contributed by atoms with E-state index in [4.69, 9.17) is 6.58 Å². The van der Waals surface area contributed by atoms with Crippen LogP contribution in [0.1, 0.15) is 30.5 Å². The normalized spacial score (nSPS) is 7.79. The molecule has 2 rings (SSSR count). The van der Waals surface area contributed by atoms with Crippen molar-refractivity contribution in [3.8, 4) is 0 Å². The minimum atomic E-state index is 0. The van der Waals surface area contributed by atoms with Crippen LogP contribution in [0, 0.1) is 26.5 Å². The summed E-state index contributed by atoms with van der Waals surface area (Å²) in [5, 5.41) is 0. The fourth-order valence-corrected chi connectivity index (χ4v) is 1.16. The Bertz CT molecular complexity index is 438. The predicted molar refractivity (Wildman–Crippen MR) is 79.1 cm³/mol. The topological polar surface area (TPSA) is 12.9 Å². The van der Waals surface area contributed by atoms with Crippen LogP contribution in [0.25, 0.3) is 6.08 Å². The zero-order valence-corrected chi connectivity index (χ0v) is 13.5. The molecule has 0 atom stereocenters. The second kappa shape index (κ2) is 13.1. The Labute approximate surface area is 129 Å². The molecule has 0 fully saturated rings. The molecule has 0 spiro atoms. The number of rotatable bonds is 1. The van der Waals surface area contributed by atoms with Crippen LogP contribution >= 0.6 is 0 Å². The smallest absolute Gasteiger partial charge is 0.344 e. The van der Waals surface area contributed by atoms with Crippen LogP contribution in [-0.2, 0) is 18.6 Å². The van der Waals surface area contributed by atoms with Crippen LogP contribution in [0.4, 0.5) is 0 Å². The molecule has 19 heavy (non-hydrogen) atoms. The average Bonchev–Trinajstić information content (AvgIpc) is 2.43. The third kappa shape index (κ3) is 9.29. The Hall–Kier alpha value is -1.31. The molecule has 0 saturated heterocycles. The van der Waals surface area contributed by atoms with E-state index in [0.29, 0.717) is 0 Å². The minimum Gasteiger partial charge on any atom is -0.344 e. The maximum atomic E-state index is 5.29. The molecule has 1 radical (unpaired) electrons. The molecule has 0 aliphatic rings. The fourth-order valence-electron chi connectivity index (χ4n) is 1.16. The van der Waals surface area contributed by atoms with Crippen molar-refractivity contribution in [1.29, 1.82) is 0 Å². The molecule has 1 nitrogen and oxygen atoms in total. The molecule has 1 aromatic carbocycles. The first kappa shape index (κ1) is 20.0. The van der Waals surface area contributed by atoms with Crippen molar-refractivity contribution in [3.05, 3.63) is 72.1 Å². The van der Waals surface area contributed by atoms with Gasteiger partial charge in [0.05, 0.1) is 0 Å². The Morgan fingerprint density at radius 1 is 1.16 bits per heavy atom. The second-order valence-electron chi connectivity index (χ2n) is 3.46. The van der Waals surface area contributed by atoms with E-state index >= 15 is 0 Å². The van der Waals surface area contributed by atoms with Crippen molar-refractivity contribution in [1.82, 2.24) is 4.98 Å². The molecule has 99 valence electrons. The van der Waals surface area contributed by atoms with E-state index in [1.54, 1.807) is 12.3 Å². The third-order valence-corrected chi connectivity index (χ3v) is 2.08. The molecule has 0 bridgehead atoms. The van der Waals surface area contributed by atoms with Gasteiger partial charge in [-0.3, -0.25) is 4.98 Å². The second-order valence-corrected chi connectivity index (χ2v) is 3.46. The van der Waals surface area contributed by atoms with Crippen LogP contribution in [-0.4, -0.2) is 4.98 Å². The molecule has 0 N–H and O–H groups in total. The largest absolute Gasteiger partial charge is 2.00 e. The number of hydrogen-bond acceptors (Lipinski definition) is 1. The Balaban J connectivity index is 0. The summed E-state index contributed by atoms with van der Waals surface area (Å²) in [4.78, 5) is 3.88. The summed E-state index contributed by atoms with van der Waals surface area (Å²) in [6.45, 7) is 13.3. The Morgan fingerprint density at radius 2 is 1.84 bits per heavy atom. The molecule has 1 aromatic heterocycles. The number of aromatic nitrogens is 1. The van der Waals surface area contributed by atoms with Crippen LogP contribution in [0.5, 0.6) is 0 Å². The number of benzene rings is 1. The predicted octanol–water partition coefficient (Wildman–Crippen LogP) is 4.66. The molecule has 2 aromatic rings. The van der Waals surface area contributed by atoms with Crippen molar-refractivity contribution in [3.63, 3.8) is 0 Å². The van der Waals surface area contributed by atoms with E-state index in [0.717, 1.165) is 5.56 Å². The zero-order valence-electron chi connectivity index (χ0n) is 12.1. The minimum absolute atomic E-state index is 0. The van der Waals surface area contributed by atoms with Gasteiger partial charge < -0.3 is 18.2 Å². The molecular formula is C17H21NV. The van der Waals surface area contributed by atoms with Gasteiger partial charge in [0, 0.05) is 12.4 Å². The maximum Gasteiger partial charge on any atom is 2.00 e. The fraction of sp³-hybridized carbons (Fsp3) is 0.235. The van der Waals surface area contributed by atoms with E-state index in [9.17, 15) is 0 Å². The first-order valence-electron chi connectivity index (χ1n) is 6.13. The number of hydrogen-bond donors (Lipinski definition) is 0. The number of aryl methyl sites for hydroxylation is 2. The first-order valence-corrected chi connectivity index (χ1v) is 6.13. The Kier molecular flexibility index (Phi) is 13.8. The van der Waals surface area contributed by atoms with Crippen LogP contribution in [0.2, 0.25) is 0 Å². The van der Waals surface area contributed by atoms with Gasteiger partial charge in [0.15, 0.2) is 0 Å². The summed E-state index contributed by atoms with van der Waals surface area (Å²) < 4.78 is 0. The molecule has 0 saturated carbocycles. The first-order chi connectivity index (χ1) is 8.74. The van der Waals surface area contributed by atoms with Crippen LogP contribution < -0.4 is 0 Å². The van der Waals surface area contributed by atoms with Crippen LogP contribution in [0.3, 0.4) is 0 Å². The third-order valence-electron chi connectivity index (χ3n) is 2.08. The average molecular weight is 290 g/mol. The standard InChI is InChI=1S/C9H8.C6H7N.C2H6.V/c1-3-9-7-5-4-6-8(9)2;1-6-3-2-4-7-5-6;1-2;/h1,3-6H,2H3;2-5H,1H3;1-2H3;/q-2;;;+2. The summed E-state index contributed by atoms with van der Waals surface area (Å²) >= 11 is 0. The van der Waals surface area contributed by atoms with Crippen molar-refractivity contribution in [2.24, 2.45) is 0 Å². The van der Waals surface area contributed by atoms with Crippen LogP contribution in [0.15, 0.2) is 42.7 Å². The summed E-state index contributed by atoms with van der Waals surface area (Å²) in [5.41, 5.74) is 3.36. The summed E-state index contributed by atoms with van der Waals surface area (Å²) in [5.74, 6) is 0. The van der Waals surface area contributed by atoms with Gasteiger partial charge in [0.2, 0.25) is 0 Å². The molecule has 0 aliphatic carbocycles. The van der Waals surface area contributed by atoms with Crippen molar-refractivity contribution >= 4 is 6.08 Å². The number of pyridine rings is 1. The monoisotopic (exact) mass is 290 g/mol. The van der Waals surface area contributed by atoms with E-state index in [-0.39, 0.29) is 18.6 Å². The van der Waals surface area contributed by atoms with Gasteiger partial charge in [-0.15, -0.1) is 6.07 Å². The SMILES string of the molecule is CC.Cc1cccnc1.[CH-]=Cc1[c-]cccc1C.[V+2]. The van der Waals surface area contributed by atoms with Gasteiger partial charge in [0.25, 0.3) is 0 Å². The van der Waals surface area contributed by atoms with E-state index in [1.807, 2.05) is 64.2 Å². The molecule has 2 heteroatoms. The summed E-state index contributed by atoms with van der Waals surface area (Å²) in [6, 6.07) is 12.8. The maximum absolute atomic E-state index is 5.29. The van der Waals surface area contributed by atoms with Gasteiger partial charge in [-0.1, -0.05) is 26.8 Å². The van der Waals surface area contributed by atoms with Gasteiger partial charge in [-0.25, -0.2) is 11.6 Å². The molecular weight excluding hydrogens is 269 g/mol. The van der Waals surface area contributed by atoms with Gasteiger partial charge in [-0.2, -0.15) is 12.1 Å². The van der Waals surface area contributed by atoms with Crippen molar-refractivity contribution < 1.29 is 18.6 Å². The molecule has 0 amide bonds. The van der Waals surface area contributed by atoms with Gasteiger partial charge >= 0.3 is 18.6 Å². The van der Waals surface area contributed by atoms with Gasteiger partial charge in [0.1, 0.15) is 0 Å². The van der Waals surface area contributed by atoms with E-state index in [2.05, 4.69) is 11.1 Å². The summed E-state index contributed by atoms with van der Waals surface area (Å²) in [7, 11) is 0. The molecule has 0 aliphatic heterocycles. The molecule has 0 unspecified atom stereocenters. The Morgan fingerprint density at radius 3 is 2.16 bits per heavy atom. The zero-order chi connectivity index (χ0) is 13.8. The van der Waals surface area contributed by atoms with Crippen molar-refractivity contribution in [2.45, 2.75) is 27.7 Å². The number of nitrogens with zero attached hydrogens (tertiary/aromatic N) is 1. The quantitative estimate of drug-likeness (QED) is 0.696. The van der Waals surface area contributed by atoms with Crippen molar-refractivity contribution in [2.75, 3.05) is 0 Å². The van der Waals surface area contributed by atoms with E-state index < -0.39 is 0 Å². The summed E-state index contributed by atoms with van der Waals surface area (Å²) in [6.07, 6.45) is 5.17. The van der Waals surface area contributed by atoms with Gasteiger partial charge in [-0.05, 0) is 18.6 Å². The van der Waals surface area contributed by atoms with E-state index in [1.165, 1.54) is 11.1 Å². The molecule has 1 heterocycles.